The lowest BCUT2D eigenvalue weighted by Crippen LogP contribution is -2.30. The molecule has 0 radical (unpaired) electrons. The van der Waals surface area contributed by atoms with E-state index in [1.54, 1.807) is 0 Å². The SMILES string of the molecule is CC(C)NCCCCCN(C)C1CCCC1. The zero-order valence-electron chi connectivity index (χ0n) is 11.5. The number of hydrogen-bond donors (Lipinski definition) is 1. The van der Waals surface area contributed by atoms with Gasteiger partial charge in [0.25, 0.3) is 0 Å². The van der Waals surface area contributed by atoms with E-state index in [2.05, 4.69) is 31.1 Å². The minimum atomic E-state index is 0.640. The normalized spacial score (nSPS) is 17.8. The summed E-state index contributed by atoms with van der Waals surface area (Å²) in [4.78, 5) is 2.59. The molecule has 96 valence electrons. The monoisotopic (exact) mass is 226 g/mol. The van der Waals surface area contributed by atoms with Gasteiger partial charge in [0.2, 0.25) is 0 Å². The standard InChI is InChI=1S/C14H30N2/c1-13(2)15-11-7-4-8-12-16(3)14-9-5-6-10-14/h13-15H,4-12H2,1-3H3. The third-order valence-corrected chi connectivity index (χ3v) is 3.69. The first-order chi connectivity index (χ1) is 7.70. The molecule has 1 fully saturated rings. The first-order valence-electron chi connectivity index (χ1n) is 7.14. The van der Waals surface area contributed by atoms with Crippen LogP contribution in [-0.2, 0) is 0 Å². The molecule has 0 spiro atoms. The van der Waals surface area contributed by atoms with Gasteiger partial charge in [-0.25, -0.2) is 0 Å². The Kier molecular flexibility index (Phi) is 7.06. The first-order valence-corrected chi connectivity index (χ1v) is 7.14. The van der Waals surface area contributed by atoms with Gasteiger partial charge in [-0.3, -0.25) is 0 Å². The molecular weight excluding hydrogens is 196 g/mol. The van der Waals surface area contributed by atoms with Gasteiger partial charge in [0.1, 0.15) is 0 Å². The topological polar surface area (TPSA) is 15.3 Å². The predicted molar refractivity (Wildman–Crippen MR) is 71.9 cm³/mol. The van der Waals surface area contributed by atoms with Crippen LogP contribution in [0.15, 0.2) is 0 Å². The Bertz CT molecular complexity index is 162. The Morgan fingerprint density at radius 2 is 1.81 bits per heavy atom. The van der Waals surface area contributed by atoms with Crippen molar-refractivity contribution in [3.8, 4) is 0 Å². The van der Waals surface area contributed by atoms with E-state index >= 15 is 0 Å². The van der Waals surface area contributed by atoms with Gasteiger partial charge in [0, 0.05) is 12.1 Å². The molecule has 0 aromatic heterocycles. The maximum atomic E-state index is 3.48. The van der Waals surface area contributed by atoms with E-state index in [4.69, 9.17) is 0 Å². The number of nitrogens with zero attached hydrogens (tertiary/aromatic N) is 1. The van der Waals surface area contributed by atoms with Gasteiger partial charge >= 0.3 is 0 Å². The highest BCUT2D eigenvalue weighted by molar-refractivity contribution is 4.74. The summed E-state index contributed by atoms with van der Waals surface area (Å²) in [7, 11) is 2.31. The lowest BCUT2D eigenvalue weighted by atomic mass is 10.2. The molecule has 0 aromatic carbocycles. The summed E-state index contributed by atoms with van der Waals surface area (Å²) in [6.45, 7) is 6.92. The number of rotatable bonds is 8. The first kappa shape index (κ1) is 14.0. The Morgan fingerprint density at radius 3 is 2.44 bits per heavy atom. The van der Waals surface area contributed by atoms with Crippen molar-refractivity contribution in [1.29, 1.82) is 0 Å². The molecule has 0 bridgehead atoms. The Labute approximate surface area is 102 Å². The molecule has 2 heteroatoms. The zero-order chi connectivity index (χ0) is 11.8. The average molecular weight is 226 g/mol. The fraction of sp³-hybridized carbons (Fsp3) is 1.00. The minimum Gasteiger partial charge on any atom is -0.315 e. The third kappa shape index (κ3) is 5.86. The third-order valence-electron chi connectivity index (χ3n) is 3.69. The van der Waals surface area contributed by atoms with Crippen LogP contribution in [0.1, 0.15) is 58.8 Å². The molecule has 2 nitrogen and oxygen atoms in total. The van der Waals surface area contributed by atoms with Gasteiger partial charge in [-0.2, -0.15) is 0 Å². The Hall–Kier alpha value is -0.0800. The van der Waals surface area contributed by atoms with Crippen LogP contribution in [0.2, 0.25) is 0 Å². The van der Waals surface area contributed by atoms with E-state index in [0.29, 0.717) is 6.04 Å². The molecule has 0 heterocycles. The van der Waals surface area contributed by atoms with Crippen LogP contribution in [0.3, 0.4) is 0 Å². The second kappa shape index (κ2) is 8.08. The molecule has 0 aliphatic heterocycles. The van der Waals surface area contributed by atoms with Crippen molar-refractivity contribution in [2.24, 2.45) is 0 Å². The molecule has 0 amide bonds. The molecular formula is C14H30N2. The summed E-state index contributed by atoms with van der Waals surface area (Å²) < 4.78 is 0. The lowest BCUT2D eigenvalue weighted by molar-refractivity contribution is 0.240. The van der Waals surface area contributed by atoms with Crippen molar-refractivity contribution in [3.05, 3.63) is 0 Å². The predicted octanol–water partition coefficient (Wildman–Crippen LogP) is 3.03. The van der Waals surface area contributed by atoms with E-state index in [1.165, 1.54) is 58.0 Å². The Balaban J connectivity index is 1.90. The van der Waals surface area contributed by atoms with E-state index in [1.807, 2.05) is 0 Å². The summed E-state index contributed by atoms with van der Waals surface area (Å²) in [5, 5.41) is 3.48. The van der Waals surface area contributed by atoms with Crippen molar-refractivity contribution in [2.45, 2.75) is 70.9 Å². The fourth-order valence-corrected chi connectivity index (χ4v) is 2.58. The van der Waals surface area contributed by atoms with Crippen molar-refractivity contribution >= 4 is 0 Å². The molecule has 16 heavy (non-hydrogen) atoms. The number of unbranched alkanes of at least 4 members (excludes halogenated alkanes) is 2. The molecule has 1 rings (SSSR count). The summed E-state index contributed by atoms with van der Waals surface area (Å²) in [6, 6.07) is 1.54. The van der Waals surface area contributed by atoms with Crippen LogP contribution in [0, 0.1) is 0 Å². The summed E-state index contributed by atoms with van der Waals surface area (Å²) >= 11 is 0. The minimum absolute atomic E-state index is 0.640. The molecule has 0 unspecified atom stereocenters. The highest BCUT2D eigenvalue weighted by Gasteiger charge is 2.18. The largest absolute Gasteiger partial charge is 0.315 e. The van der Waals surface area contributed by atoms with Crippen molar-refractivity contribution in [1.82, 2.24) is 10.2 Å². The molecule has 1 saturated carbocycles. The molecule has 0 saturated heterocycles. The van der Waals surface area contributed by atoms with Gasteiger partial charge in [0.05, 0.1) is 0 Å². The van der Waals surface area contributed by atoms with Crippen LogP contribution in [0.4, 0.5) is 0 Å². The second-order valence-corrected chi connectivity index (χ2v) is 5.59. The highest BCUT2D eigenvalue weighted by atomic mass is 15.1. The molecule has 0 aromatic rings. The van der Waals surface area contributed by atoms with Crippen molar-refractivity contribution in [2.75, 3.05) is 20.1 Å². The summed E-state index contributed by atoms with van der Waals surface area (Å²) in [6.07, 6.45) is 9.84. The second-order valence-electron chi connectivity index (χ2n) is 5.59. The maximum absolute atomic E-state index is 3.48. The highest BCUT2D eigenvalue weighted by Crippen LogP contribution is 2.22. The lowest BCUT2D eigenvalue weighted by Gasteiger charge is -2.23. The van der Waals surface area contributed by atoms with Crippen LogP contribution < -0.4 is 5.32 Å². The summed E-state index contributed by atoms with van der Waals surface area (Å²) in [5.41, 5.74) is 0. The van der Waals surface area contributed by atoms with Crippen molar-refractivity contribution < 1.29 is 0 Å². The van der Waals surface area contributed by atoms with E-state index in [9.17, 15) is 0 Å². The van der Waals surface area contributed by atoms with Gasteiger partial charge in [-0.15, -0.1) is 0 Å². The van der Waals surface area contributed by atoms with Gasteiger partial charge < -0.3 is 10.2 Å². The van der Waals surface area contributed by atoms with Gasteiger partial charge in [-0.1, -0.05) is 33.1 Å². The fourth-order valence-electron chi connectivity index (χ4n) is 2.58. The number of hydrogen-bond acceptors (Lipinski definition) is 2. The molecule has 1 aliphatic rings. The van der Waals surface area contributed by atoms with Gasteiger partial charge in [0.15, 0.2) is 0 Å². The van der Waals surface area contributed by atoms with Crippen molar-refractivity contribution in [3.63, 3.8) is 0 Å². The molecule has 1 aliphatic carbocycles. The Morgan fingerprint density at radius 1 is 1.12 bits per heavy atom. The van der Waals surface area contributed by atoms with Crippen LogP contribution in [0.5, 0.6) is 0 Å². The molecule has 0 atom stereocenters. The van der Waals surface area contributed by atoms with E-state index in [-0.39, 0.29) is 0 Å². The smallest absolute Gasteiger partial charge is 0.00922 e. The van der Waals surface area contributed by atoms with E-state index < -0.39 is 0 Å². The average Bonchev–Trinajstić information content (AvgIpc) is 2.75. The zero-order valence-corrected chi connectivity index (χ0v) is 11.5. The van der Waals surface area contributed by atoms with E-state index in [0.717, 1.165) is 6.04 Å². The number of nitrogens with one attached hydrogen (secondary N) is 1. The van der Waals surface area contributed by atoms with Crippen LogP contribution >= 0.6 is 0 Å². The quantitative estimate of drug-likeness (QED) is 0.640. The van der Waals surface area contributed by atoms with Gasteiger partial charge in [-0.05, 0) is 45.8 Å². The van der Waals surface area contributed by atoms with Crippen LogP contribution in [0.25, 0.3) is 0 Å². The molecule has 1 N–H and O–H groups in total. The summed E-state index contributed by atoms with van der Waals surface area (Å²) in [5.74, 6) is 0. The maximum Gasteiger partial charge on any atom is 0.00922 e. The van der Waals surface area contributed by atoms with Crippen LogP contribution in [-0.4, -0.2) is 37.1 Å².